The van der Waals surface area contributed by atoms with Gasteiger partial charge in [0.25, 0.3) is 5.91 Å². The lowest BCUT2D eigenvalue weighted by atomic mass is 9.97. The molecule has 1 amide bonds. The summed E-state index contributed by atoms with van der Waals surface area (Å²) < 4.78 is 5.10. The van der Waals surface area contributed by atoms with Gasteiger partial charge in [0.1, 0.15) is 0 Å². The summed E-state index contributed by atoms with van der Waals surface area (Å²) in [7, 11) is 1.50. The van der Waals surface area contributed by atoms with Gasteiger partial charge in [-0.2, -0.15) is 0 Å². The van der Waals surface area contributed by atoms with Crippen LogP contribution >= 0.6 is 23.2 Å². The first-order valence-corrected chi connectivity index (χ1v) is 8.73. The van der Waals surface area contributed by atoms with Crippen LogP contribution in [0.15, 0.2) is 12.1 Å². The van der Waals surface area contributed by atoms with Crippen LogP contribution in [-0.2, 0) is 0 Å². The van der Waals surface area contributed by atoms with Crippen LogP contribution in [-0.4, -0.2) is 43.6 Å². The zero-order valence-electron chi connectivity index (χ0n) is 13.9. The number of ether oxygens (including phenoxy) is 1. The largest absolute Gasteiger partial charge is 0.494 e. The van der Waals surface area contributed by atoms with Crippen LogP contribution in [0.4, 0.5) is 0 Å². The SMILES string of the molecule is COc1c(Cl)cc(C(=O)NCC2CCCN(C(C)C)C2)cc1Cl. The molecule has 23 heavy (non-hydrogen) atoms. The number of carbonyl (C=O) groups excluding carboxylic acids is 1. The van der Waals surface area contributed by atoms with Crippen molar-refractivity contribution in [3.8, 4) is 5.75 Å². The van der Waals surface area contributed by atoms with Gasteiger partial charge >= 0.3 is 0 Å². The maximum atomic E-state index is 12.3. The fourth-order valence-corrected chi connectivity index (χ4v) is 3.60. The Bertz CT molecular complexity index is 541. The summed E-state index contributed by atoms with van der Waals surface area (Å²) in [6, 6.07) is 3.72. The summed E-state index contributed by atoms with van der Waals surface area (Å²) in [5, 5.41) is 3.68. The zero-order valence-corrected chi connectivity index (χ0v) is 15.4. The van der Waals surface area contributed by atoms with E-state index in [-0.39, 0.29) is 5.91 Å². The topological polar surface area (TPSA) is 41.6 Å². The third-order valence-corrected chi connectivity index (χ3v) is 4.86. The van der Waals surface area contributed by atoms with Crippen LogP contribution in [0.2, 0.25) is 10.0 Å². The molecule has 1 aromatic rings. The molecule has 1 unspecified atom stereocenters. The van der Waals surface area contributed by atoms with Crippen LogP contribution in [0.3, 0.4) is 0 Å². The maximum absolute atomic E-state index is 12.3. The first-order valence-electron chi connectivity index (χ1n) is 7.97. The second kappa shape index (κ2) is 8.22. The minimum atomic E-state index is -0.155. The molecule has 1 heterocycles. The minimum absolute atomic E-state index is 0.155. The summed E-state index contributed by atoms with van der Waals surface area (Å²) in [5.41, 5.74) is 0.456. The van der Waals surface area contributed by atoms with E-state index in [2.05, 4.69) is 24.1 Å². The molecule has 1 aromatic carbocycles. The Kier molecular flexibility index (Phi) is 6.57. The molecule has 4 nitrogen and oxygen atoms in total. The highest BCUT2D eigenvalue weighted by Crippen LogP contribution is 2.33. The van der Waals surface area contributed by atoms with Crippen molar-refractivity contribution < 1.29 is 9.53 Å². The van der Waals surface area contributed by atoms with E-state index < -0.39 is 0 Å². The van der Waals surface area contributed by atoms with Gasteiger partial charge in [-0.15, -0.1) is 0 Å². The lowest BCUT2D eigenvalue weighted by Gasteiger charge is -2.35. The molecule has 6 heteroatoms. The molecule has 1 atom stereocenters. The molecule has 0 aliphatic carbocycles. The van der Waals surface area contributed by atoms with Gasteiger partial charge in [0.05, 0.1) is 17.2 Å². The summed E-state index contributed by atoms with van der Waals surface area (Å²) in [6.45, 7) is 7.27. The first kappa shape index (κ1) is 18.4. The Hall–Kier alpha value is -0.970. The molecule has 0 bridgehead atoms. The number of piperidine rings is 1. The molecule has 0 radical (unpaired) electrons. The van der Waals surface area contributed by atoms with Crippen LogP contribution in [0.1, 0.15) is 37.0 Å². The van der Waals surface area contributed by atoms with Crippen molar-refractivity contribution in [1.29, 1.82) is 0 Å². The highest BCUT2D eigenvalue weighted by atomic mass is 35.5. The van der Waals surface area contributed by atoms with Crippen LogP contribution < -0.4 is 10.1 Å². The number of halogens is 2. The number of rotatable bonds is 5. The summed E-state index contributed by atoms with van der Waals surface area (Å²) in [5.74, 6) is 0.724. The summed E-state index contributed by atoms with van der Waals surface area (Å²) in [4.78, 5) is 14.8. The molecule has 2 rings (SSSR count). The van der Waals surface area contributed by atoms with E-state index in [9.17, 15) is 4.79 Å². The van der Waals surface area contributed by atoms with Crippen LogP contribution in [0.25, 0.3) is 0 Å². The van der Waals surface area contributed by atoms with E-state index in [1.54, 1.807) is 12.1 Å². The molecular formula is C17H24Cl2N2O2. The quantitative estimate of drug-likeness (QED) is 0.868. The van der Waals surface area contributed by atoms with Gasteiger partial charge in [-0.1, -0.05) is 23.2 Å². The van der Waals surface area contributed by atoms with Gasteiger partial charge in [-0.25, -0.2) is 0 Å². The van der Waals surface area contributed by atoms with E-state index in [0.717, 1.165) is 19.5 Å². The maximum Gasteiger partial charge on any atom is 0.251 e. The number of benzene rings is 1. The highest BCUT2D eigenvalue weighted by Gasteiger charge is 2.22. The standard InChI is InChI=1S/C17H24Cl2N2O2/c1-11(2)21-6-4-5-12(10-21)9-20-17(22)13-7-14(18)16(23-3)15(19)8-13/h7-8,11-12H,4-6,9-10H2,1-3H3,(H,20,22). The second-order valence-corrected chi connectivity index (χ2v) is 7.09. The van der Waals surface area contributed by atoms with Crippen molar-refractivity contribution >= 4 is 29.1 Å². The fraction of sp³-hybridized carbons (Fsp3) is 0.588. The van der Waals surface area contributed by atoms with Crippen molar-refractivity contribution in [1.82, 2.24) is 10.2 Å². The van der Waals surface area contributed by atoms with Crippen molar-refractivity contribution in [3.63, 3.8) is 0 Å². The number of likely N-dealkylation sites (tertiary alicyclic amines) is 1. The van der Waals surface area contributed by atoms with E-state index in [0.29, 0.717) is 39.9 Å². The Labute approximate surface area is 148 Å². The predicted octanol–water partition coefficient (Wildman–Crippen LogP) is 3.85. The Morgan fingerprint density at radius 1 is 1.39 bits per heavy atom. The Balaban J connectivity index is 1.95. The number of hydrogen-bond donors (Lipinski definition) is 1. The molecule has 1 fully saturated rings. The molecule has 0 aromatic heterocycles. The predicted molar refractivity (Wildman–Crippen MR) is 94.8 cm³/mol. The molecule has 0 spiro atoms. The molecule has 1 aliphatic rings. The lowest BCUT2D eigenvalue weighted by Crippen LogP contribution is -2.43. The third-order valence-electron chi connectivity index (χ3n) is 4.30. The average molecular weight is 359 g/mol. The molecule has 1 saturated heterocycles. The van der Waals surface area contributed by atoms with Gasteiger partial charge in [-0.05, 0) is 51.3 Å². The van der Waals surface area contributed by atoms with E-state index >= 15 is 0 Å². The normalized spacial score (nSPS) is 19.0. The van der Waals surface area contributed by atoms with Gasteiger partial charge in [0, 0.05) is 24.7 Å². The third kappa shape index (κ3) is 4.75. The van der Waals surface area contributed by atoms with Crippen LogP contribution in [0, 0.1) is 5.92 Å². The van der Waals surface area contributed by atoms with Gasteiger partial charge < -0.3 is 15.0 Å². The molecule has 1 aliphatic heterocycles. The molecule has 0 saturated carbocycles. The summed E-state index contributed by atoms with van der Waals surface area (Å²) >= 11 is 12.2. The van der Waals surface area contributed by atoms with Crippen molar-refractivity contribution in [2.45, 2.75) is 32.7 Å². The zero-order chi connectivity index (χ0) is 17.0. The van der Waals surface area contributed by atoms with Crippen molar-refractivity contribution in [2.75, 3.05) is 26.7 Å². The van der Waals surface area contributed by atoms with Crippen LogP contribution in [0.5, 0.6) is 5.75 Å². The van der Waals surface area contributed by atoms with E-state index in [4.69, 9.17) is 27.9 Å². The van der Waals surface area contributed by atoms with E-state index in [1.807, 2.05) is 0 Å². The second-order valence-electron chi connectivity index (χ2n) is 6.28. The number of amides is 1. The number of methoxy groups -OCH3 is 1. The summed E-state index contributed by atoms with van der Waals surface area (Å²) in [6.07, 6.45) is 2.33. The molecule has 128 valence electrons. The smallest absolute Gasteiger partial charge is 0.251 e. The van der Waals surface area contributed by atoms with Gasteiger partial charge in [0.2, 0.25) is 0 Å². The van der Waals surface area contributed by atoms with E-state index in [1.165, 1.54) is 13.5 Å². The van der Waals surface area contributed by atoms with Crippen molar-refractivity contribution in [3.05, 3.63) is 27.7 Å². The lowest BCUT2D eigenvalue weighted by molar-refractivity contribution is 0.0922. The average Bonchev–Trinajstić information content (AvgIpc) is 2.52. The minimum Gasteiger partial charge on any atom is -0.494 e. The van der Waals surface area contributed by atoms with Gasteiger partial charge in [-0.3, -0.25) is 4.79 Å². The number of carbonyl (C=O) groups is 1. The first-order chi connectivity index (χ1) is 10.9. The fourth-order valence-electron chi connectivity index (χ4n) is 2.96. The van der Waals surface area contributed by atoms with Gasteiger partial charge in [0.15, 0.2) is 5.75 Å². The van der Waals surface area contributed by atoms with Crippen molar-refractivity contribution in [2.24, 2.45) is 5.92 Å². The monoisotopic (exact) mass is 358 g/mol. The number of nitrogens with zero attached hydrogens (tertiary/aromatic N) is 1. The highest BCUT2D eigenvalue weighted by molar-refractivity contribution is 6.37. The number of hydrogen-bond acceptors (Lipinski definition) is 3. The number of nitrogens with one attached hydrogen (secondary N) is 1. The Morgan fingerprint density at radius 3 is 2.61 bits per heavy atom. The molecular weight excluding hydrogens is 335 g/mol. The Morgan fingerprint density at radius 2 is 2.04 bits per heavy atom. The molecule has 1 N–H and O–H groups in total.